The second kappa shape index (κ2) is 8.91. The Balaban J connectivity index is 1.47. The van der Waals surface area contributed by atoms with Crippen molar-refractivity contribution >= 4 is 0 Å². The summed E-state index contributed by atoms with van der Waals surface area (Å²) < 4.78 is 26.4. The van der Waals surface area contributed by atoms with Gasteiger partial charge in [0.2, 0.25) is 0 Å². The van der Waals surface area contributed by atoms with Crippen molar-refractivity contribution in [3.8, 4) is 34.8 Å². The highest BCUT2D eigenvalue weighted by molar-refractivity contribution is 5.65. The fourth-order valence-corrected chi connectivity index (χ4v) is 2.91. The Labute approximate surface area is 174 Å². The van der Waals surface area contributed by atoms with E-state index in [-0.39, 0.29) is 11.6 Å². The second-order valence-corrected chi connectivity index (χ2v) is 6.68. The van der Waals surface area contributed by atoms with E-state index < -0.39 is 0 Å². The lowest BCUT2D eigenvalue weighted by Gasteiger charge is -2.02. The summed E-state index contributed by atoms with van der Waals surface area (Å²) in [7, 11) is 0. The first kappa shape index (κ1) is 19.2. The highest BCUT2D eigenvalue weighted by Crippen LogP contribution is 2.20. The predicted octanol–water partition coefficient (Wildman–Crippen LogP) is 6.43. The molecule has 0 unspecified atom stereocenters. The average Bonchev–Trinajstić information content (AvgIpc) is 2.77. The number of halogens is 2. The van der Waals surface area contributed by atoms with Gasteiger partial charge >= 0.3 is 0 Å². The van der Waals surface area contributed by atoms with Gasteiger partial charge in [0, 0.05) is 22.3 Å². The molecular formula is C28H16F2. The first-order valence-corrected chi connectivity index (χ1v) is 9.41. The summed E-state index contributed by atoms with van der Waals surface area (Å²) in [4.78, 5) is 0. The summed E-state index contributed by atoms with van der Waals surface area (Å²) in [6.45, 7) is 0. The van der Waals surface area contributed by atoms with Gasteiger partial charge in [0.15, 0.2) is 0 Å². The van der Waals surface area contributed by atoms with E-state index >= 15 is 0 Å². The maximum absolute atomic E-state index is 13.2. The third-order valence-corrected chi connectivity index (χ3v) is 4.45. The molecule has 4 rings (SSSR count). The van der Waals surface area contributed by atoms with Crippen LogP contribution in [0, 0.1) is 35.3 Å². The molecule has 0 amide bonds. The maximum atomic E-state index is 13.2. The third kappa shape index (κ3) is 5.02. The maximum Gasteiger partial charge on any atom is 0.124 e. The molecule has 4 aromatic carbocycles. The van der Waals surface area contributed by atoms with Gasteiger partial charge in [-0.3, -0.25) is 0 Å². The van der Waals surface area contributed by atoms with Gasteiger partial charge in [-0.15, -0.1) is 0 Å². The Morgan fingerprint density at radius 2 is 0.767 bits per heavy atom. The van der Waals surface area contributed by atoms with E-state index in [1.165, 1.54) is 24.3 Å². The van der Waals surface area contributed by atoms with Crippen LogP contribution < -0.4 is 0 Å². The quantitative estimate of drug-likeness (QED) is 0.329. The van der Waals surface area contributed by atoms with Crippen LogP contribution in [0.3, 0.4) is 0 Å². The molecular weight excluding hydrogens is 374 g/mol. The van der Waals surface area contributed by atoms with E-state index in [0.717, 1.165) is 22.3 Å². The predicted molar refractivity (Wildman–Crippen MR) is 117 cm³/mol. The zero-order chi connectivity index (χ0) is 20.8. The van der Waals surface area contributed by atoms with Crippen molar-refractivity contribution in [2.24, 2.45) is 0 Å². The molecule has 0 aliphatic carbocycles. The second-order valence-electron chi connectivity index (χ2n) is 6.68. The van der Waals surface area contributed by atoms with E-state index in [1.807, 2.05) is 48.5 Å². The van der Waals surface area contributed by atoms with Gasteiger partial charge in [-0.05, 0) is 71.8 Å². The molecule has 0 heterocycles. The molecule has 0 atom stereocenters. The lowest BCUT2D eigenvalue weighted by atomic mass is 10.0. The Morgan fingerprint density at radius 1 is 0.400 bits per heavy atom. The summed E-state index contributed by atoms with van der Waals surface area (Å²) in [5.41, 5.74) is 5.15. The van der Waals surface area contributed by atoms with Gasteiger partial charge in [-0.2, -0.15) is 0 Å². The van der Waals surface area contributed by atoms with Crippen LogP contribution in [0.15, 0.2) is 97.1 Å². The highest BCUT2D eigenvalue weighted by Gasteiger charge is 1.98. The minimum absolute atomic E-state index is 0.291. The lowest BCUT2D eigenvalue weighted by Crippen LogP contribution is -1.82. The molecule has 4 aromatic rings. The largest absolute Gasteiger partial charge is 0.207 e. The number of rotatable bonds is 1. The summed E-state index contributed by atoms with van der Waals surface area (Å²) in [6.07, 6.45) is 0. The first-order valence-electron chi connectivity index (χ1n) is 9.41. The van der Waals surface area contributed by atoms with Crippen molar-refractivity contribution in [2.45, 2.75) is 0 Å². The lowest BCUT2D eigenvalue weighted by molar-refractivity contribution is 0.627. The molecule has 0 saturated heterocycles. The Hall–Kier alpha value is -4.14. The zero-order valence-electron chi connectivity index (χ0n) is 16.0. The molecule has 0 nitrogen and oxygen atoms in total. The molecule has 0 aromatic heterocycles. The van der Waals surface area contributed by atoms with E-state index in [1.54, 1.807) is 24.3 Å². The summed E-state index contributed by atoms with van der Waals surface area (Å²) in [6, 6.07) is 28.3. The van der Waals surface area contributed by atoms with Gasteiger partial charge < -0.3 is 0 Å². The number of hydrogen-bond acceptors (Lipinski definition) is 0. The molecule has 0 aliphatic heterocycles. The summed E-state index contributed by atoms with van der Waals surface area (Å²) >= 11 is 0. The highest BCUT2D eigenvalue weighted by atomic mass is 19.1. The Morgan fingerprint density at radius 3 is 1.13 bits per heavy atom. The van der Waals surface area contributed by atoms with Gasteiger partial charge in [-0.25, -0.2) is 8.78 Å². The van der Waals surface area contributed by atoms with E-state index in [2.05, 4.69) is 23.7 Å². The van der Waals surface area contributed by atoms with Crippen LogP contribution >= 0.6 is 0 Å². The minimum atomic E-state index is -0.291. The molecule has 2 heteroatoms. The molecule has 0 fully saturated rings. The van der Waals surface area contributed by atoms with Gasteiger partial charge in [0.1, 0.15) is 11.6 Å². The number of benzene rings is 4. The zero-order valence-corrected chi connectivity index (χ0v) is 16.0. The van der Waals surface area contributed by atoms with Crippen molar-refractivity contribution < 1.29 is 8.78 Å². The Kier molecular flexibility index (Phi) is 5.70. The SMILES string of the molecule is Fc1cccc(C#Cc2ccc(-c3ccc(C#Cc4cccc(F)c4)cc3)cc2)c1. The van der Waals surface area contributed by atoms with Crippen LogP contribution in [0.4, 0.5) is 8.78 Å². The molecule has 142 valence electrons. The minimum Gasteiger partial charge on any atom is -0.207 e. The first-order chi connectivity index (χ1) is 14.7. The number of hydrogen-bond donors (Lipinski definition) is 0. The van der Waals surface area contributed by atoms with E-state index in [4.69, 9.17) is 0 Å². The van der Waals surface area contributed by atoms with Gasteiger partial charge in [0.25, 0.3) is 0 Å². The molecule has 0 radical (unpaired) electrons. The smallest absolute Gasteiger partial charge is 0.124 e. The normalized spacial score (nSPS) is 9.80. The van der Waals surface area contributed by atoms with Crippen molar-refractivity contribution in [1.82, 2.24) is 0 Å². The van der Waals surface area contributed by atoms with E-state index in [0.29, 0.717) is 11.1 Å². The van der Waals surface area contributed by atoms with E-state index in [9.17, 15) is 8.78 Å². The molecule has 30 heavy (non-hydrogen) atoms. The van der Waals surface area contributed by atoms with Crippen LogP contribution in [0.25, 0.3) is 11.1 Å². The molecule has 0 bridgehead atoms. The topological polar surface area (TPSA) is 0 Å². The standard InChI is InChI=1S/C28H16F2/c29-27-5-1-3-23(19-27)9-7-21-11-15-25(16-12-21)26-17-13-22(14-18-26)8-10-24-4-2-6-28(30)20-24/h1-6,11-20H. The molecule has 0 N–H and O–H groups in total. The monoisotopic (exact) mass is 390 g/mol. The van der Waals surface area contributed by atoms with Gasteiger partial charge in [0.05, 0.1) is 0 Å². The van der Waals surface area contributed by atoms with Crippen LogP contribution in [0.5, 0.6) is 0 Å². The molecule has 0 aliphatic rings. The van der Waals surface area contributed by atoms with Crippen molar-refractivity contribution in [3.05, 3.63) is 131 Å². The fraction of sp³-hybridized carbons (Fsp3) is 0. The summed E-state index contributed by atoms with van der Waals surface area (Å²) in [5, 5.41) is 0. The average molecular weight is 390 g/mol. The van der Waals surface area contributed by atoms with Crippen LogP contribution in [-0.4, -0.2) is 0 Å². The van der Waals surface area contributed by atoms with Crippen molar-refractivity contribution in [2.75, 3.05) is 0 Å². The van der Waals surface area contributed by atoms with Crippen LogP contribution in [0.2, 0.25) is 0 Å². The van der Waals surface area contributed by atoms with Crippen LogP contribution in [-0.2, 0) is 0 Å². The van der Waals surface area contributed by atoms with Crippen molar-refractivity contribution in [3.63, 3.8) is 0 Å². The van der Waals surface area contributed by atoms with Gasteiger partial charge in [-0.1, -0.05) is 60.1 Å². The summed E-state index contributed by atoms with van der Waals surface area (Å²) in [5.74, 6) is 11.5. The third-order valence-electron chi connectivity index (χ3n) is 4.45. The fourth-order valence-electron chi connectivity index (χ4n) is 2.91. The Bertz CT molecular complexity index is 1190. The van der Waals surface area contributed by atoms with Crippen molar-refractivity contribution in [1.29, 1.82) is 0 Å². The van der Waals surface area contributed by atoms with Crippen LogP contribution in [0.1, 0.15) is 22.3 Å². The molecule has 0 spiro atoms. The molecule has 0 saturated carbocycles.